The van der Waals surface area contributed by atoms with Gasteiger partial charge in [0, 0.05) is 25.0 Å². The number of hydrogen-bond acceptors (Lipinski definition) is 4. The second kappa shape index (κ2) is 8.61. The third kappa shape index (κ3) is 4.84. The highest BCUT2D eigenvalue weighted by molar-refractivity contribution is 5.79. The molecule has 4 rings (SSSR count). The summed E-state index contributed by atoms with van der Waals surface area (Å²) in [7, 11) is 0. The summed E-state index contributed by atoms with van der Waals surface area (Å²) in [5.41, 5.74) is 4.25. The van der Waals surface area contributed by atoms with Crippen molar-refractivity contribution in [2.75, 3.05) is 19.7 Å². The number of hydrogen-bond donors (Lipinski definition) is 1. The predicted molar refractivity (Wildman–Crippen MR) is 119 cm³/mol. The third-order valence-electron chi connectivity index (χ3n) is 5.74. The number of nitrogens with zero attached hydrogens (tertiary/aromatic N) is 1. The van der Waals surface area contributed by atoms with E-state index in [0.29, 0.717) is 19.7 Å². The van der Waals surface area contributed by atoms with Crippen LogP contribution in [0.15, 0.2) is 48.5 Å². The van der Waals surface area contributed by atoms with E-state index in [1.165, 1.54) is 22.3 Å². The topological polar surface area (TPSA) is 67.9 Å². The van der Waals surface area contributed by atoms with Crippen LogP contribution in [-0.4, -0.2) is 48.4 Å². The number of nitrogens with one attached hydrogen (secondary N) is 1. The normalized spacial score (nSPS) is 18.2. The third-order valence-corrected chi connectivity index (χ3v) is 5.74. The van der Waals surface area contributed by atoms with Crippen molar-refractivity contribution in [1.29, 1.82) is 0 Å². The molecular formula is C25H30N2O4. The van der Waals surface area contributed by atoms with Crippen LogP contribution in [0, 0.1) is 0 Å². The van der Waals surface area contributed by atoms with Gasteiger partial charge in [-0.1, -0.05) is 48.5 Å². The zero-order chi connectivity index (χ0) is 22.0. The van der Waals surface area contributed by atoms with Gasteiger partial charge in [-0.15, -0.1) is 0 Å². The van der Waals surface area contributed by atoms with Gasteiger partial charge in [-0.05, 0) is 55.9 Å². The maximum Gasteiger partial charge on any atom is 0.409 e. The van der Waals surface area contributed by atoms with Gasteiger partial charge in [0.15, 0.2) is 0 Å². The minimum atomic E-state index is -0.550. The van der Waals surface area contributed by atoms with Gasteiger partial charge in [-0.25, -0.2) is 9.59 Å². The summed E-state index contributed by atoms with van der Waals surface area (Å²) in [6, 6.07) is 16.4. The van der Waals surface area contributed by atoms with Crippen LogP contribution in [0.4, 0.5) is 9.59 Å². The Bertz CT molecular complexity index is 920. The molecule has 1 aliphatic carbocycles. The van der Waals surface area contributed by atoms with Crippen molar-refractivity contribution in [2.45, 2.75) is 51.2 Å². The Hall–Kier alpha value is -3.02. The number of alkyl carbamates (subject to hydrolysis) is 1. The quantitative estimate of drug-likeness (QED) is 0.762. The largest absolute Gasteiger partial charge is 0.448 e. The van der Waals surface area contributed by atoms with Crippen LogP contribution in [0.5, 0.6) is 0 Å². The smallest absolute Gasteiger partial charge is 0.409 e. The second-order valence-corrected chi connectivity index (χ2v) is 9.24. The highest BCUT2D eigenvalue weighted by Gasteiger charge is 2.31. The van der Waals surface area contributed by atoms with E-state index in [2.05, 4.69) is 29.6 Å². The van der Waals surface area contributed by atoms with Gasteiger partial charge < -0.3 is 19.7 Å². The average Bonchev–Trinajstić information content (AvgIpc) is 3.04. The molecule has 1 saturated heterocycles. The number of amides is 2. The minimum absolute atomic E-state index is 0.0387. The summed E-state index contributed by atoms with van der Waals surface area (Å²) in [6.45, 7) is 6.84. The molecule has 0 bridgehead atoms. The molecule has 1 fully saturated rings. The van der Waals surface area contributed by atoms with E-state index in [0.717, 1.165) is 12.8 Å². The number of ether oxygens (including phenoxy) is 2. The van der Waals surface area contributed by atoms with E-state index >= 15 is 0 Å². The Kier molecular flexibility index (Phi) is 5.90. The molecule has 1 atom stereocenters. The van der Waals surface area contributed by atoms with Gasteiger partial charge in [0.1, 0.15) is 12.2 Å². The van der Waals surface area contributed by atoms with Crippen LogP contribution in [0.25, 0.3) is 11.1 Å². The van der Waals surface area contributed by atoms with Crippen molar-refractivity contribution in [3.05, 3.63) is 59.7 Å². The molecule has 0 aromatic heterocycles. The van der Waals surface area contributed by atoms with Crippen molar-refractivity contribution < 1.29 is 19.1 Å². The molecule has 0 unspecified atom stereocenters. The fraction of sp³-hybridized carbons (Fsp3) is 0.440. The standard InChI is InChI=1S/C25H30N2O4/c1-25(2,3)31-23(28)26-17-9-8-14-27(15-17)24(29)30-16-22-20-12-6-4-10-18(20)19-11-5-7-13-21(19)22/h4-7,10-13,17,22H,8-9,14-16H2,1-3H3,(H,26,28)/t17-/m1/s1. The van der Waals surface area contributed by atoms with Crippen LogP contribution in [0.3, 0.4) is 0 Å². The molecular weight excluding hydrogens is 392 g/mol. The summed E-state index contributed by atoms with van der Waals surface area (Å²) >= 11 is 0. The number of benzene rings is 2. The lowest BCUT2D eigenvalue weighted by atomic mass is 9.98. The number of carbonyl (C=O) groups excluding carboxylic acids is 2. The molecule has 164 valence electrons. The molecule has 2 aliphatic rings. The molecule has 6 nitrogen and oxygen atoms in total. The first-order valence-corrected chi connectivity index (χ1v) is 10.9. The Balaban J connectivity index is 1.36. The number of likely N-dealkylation sites (tertiary alicyclic amines) is 1. The Morgan fingerprint density at radius 3 is 2.26 bits per heavy atom. The molecule has 1 N–H and O–H groups in total. The number of carbonyl (C=O) groups is 2. The van der Waals surface area contributed by atoms with Crippen molar-refractivity contribution in [3.63, 3.8) is 0 Å². The molecule has 2 aromatic rings. The monoisotopic (exact) mass is 422 g/mol. The molecule has 31 heavy (non-hydrogen) atoms. The maximum absolute atomic E-state index is 12.8. The number of piperidine rings is 1. The first-order chi connectivity index (χ1) is 14.8. The van der Waals surface area contributed by atoms with E-state index < -0.39 is 11.7 Å². The lowest BCUT2D eigenvalue weighted by Gasteiger charge is -2.33. The first-order valence-electron chi connectivity index (χ1n) is 10.9. The van der Waals surface area contributed by atoms with E-state index in [1.54, 1.807) is 4.90 Å². The molecule has 2 amide bonds. The maximum atomic E-state index is 12.8. The highest BCUT2D eigenvalue weighted by atomic mass is 16.6. The summed E-state index contributed by atoms with van der Waals surface area (Å²) in [6.07, 6.45) is 0.835. The zero-order valence-corrected chi connectivity index (χ0v) is 18.4. The first kappa shape index (κ1) is 21.2. The summed E-state index contributed by atoms with van der Waals surface area (Å²) < 4.78 is 11.1. The van der Waals surface area contributed by atoms with E-state index in [9.17, 15) is 9.59 Å². The number of rotatable bonds is 3. The summed E-state index contributed by atoms with van der Waals surface area (Å²) in [5.74, 6) is 0.0387. The van der Waals surface area contributed by atoms with Crippen molar-refractivity contribution >= 4 is 12.2 Å². The highest BCUT2D eigenvalue weighted by Crippen LogP contribution is 2.44. The SMILES string of the molecule is CC(C)(C)OC(=O)N[C@@H]1CCCN(C(=O)OCC2c3ccccc3-c3ccccc32)C1. The molecule has 1 heterocycles. The van der Waals surface area contributed by atoms with Crippen molar-refractivity contribution in [2.24, 2.45) is 0 Å². The molecule has 6 heteroatoms. The molecule has 2 aromatic carbocycles. The fourth-order valence-electron chi connectivity index (χ4n) is 4.42. The second-order valence-electron chi connectivity index (χ2n) is 9.24. The molecule has 0 spiro atoms. The van der Waals surface area contributed by atoms with Crippen LogP contribution in [0.1, 0.15) is 50.7 Å². The fourth-order valence-corrected chi connectivity index (χ4v) is 4.42. The van der Waals surface area contributed by atoms with Crippen molar-refractivity contribution in [3.8, 4) is 11.1 Å². The van der Waals surface area contributed by atoms with Crippen molar-refractivity contribution in [1.82, 2.24) is 10.2 Å². The number of fused-ring (bicyclic) bond motifs is 3. The minimum Gasteiger partial charge on any atom is -0.448 e. The Labute approximate surface area is 183 Å². The Morgan fingerprint density at radius 2 is 1.65 bits per heavy atom. The summed E-state index contributed by atoms with van der Waals surface area (Å²) in [4.78, 5) is 26.5. The van der Waals surface area contributed by atoms with Crippen LogP contribution in [-0.2, 0) is 9.47 Å². The molecule has 0 saturated carbocycles. The van der Waals surface area contributed by atoms with Gasteiger partial charge in [-0.3, -0.25) is 0 Å². The van der Waals surface area contributed by atoms with Crippen LogP contribution >= 0.6 is 0 Å². The van der Waals surface area contributed by atoms with Gasteiger partial charge in [0.25, 0.3) is 0 Å². The van der Waals surface area contributed by atoms with Gasteiger partial charge in [-0.2, -0.15) is 0 Å². The summed E-state index contributed by atoms with van der Waals surface area (Å²) in [5, 5.41) is 2.87. The average molecular weight is 423 g/mol. The van der Waals surface area contributed by atoms with Crippen LogP contribution < -0.4 is 5.32 Å². The van der Waals surface area contributed by atoms with E-state index in [4.69, 9.17) is 9.47 Å². The van der Waals surface area contributed by atoms with Gasteiger partial charge in [0.05, 0.1) is 0 Å². The zero-order valence-electron chi connectivity index (χ0n) is 18.4. The predicted octanol–water partition coefficient (Wildman–Crippen LogP) is 4.92. The van der Waals surface area contributed by atoms with Gasteiger partial charge in [0.2, 0.25) is 0 Å². The molecule has 0 radical (unpaired) electrons. The van der Waals surface area contributed by atoms with E-state index in [1.807, 2.05) is 45.0 Å². The lowest BCUT2D eigenvalue weighted by Crippen LogP contribution is -2.50. The van der Waals surface area contributed by atoms with E-state index in [-0.39, 0.29) is 18.1 Å². The lowest BCUT2D eigenvalue weighted by molar-refractivity contribution is 0.0453. The Morgan fingerprint density at radius 1 is 1.03 bits per heavy atom. The van der Waals surface area contributed by atoms with Gasteiger partial charge >= 0.3 is 12.2 Å². The van der Waals surface area contributed by atoms with Crippen LogP contribution in [0.2, 0.25) is 0 Å². The molecule has 1 aliphatic heterocycles.